The largest absolute Gasteiger partial charge is 0.395 e. The van der Waals surface area contributed by atoms with Gasteiger partial charge in [-0.2, -0.15) is 0 Å². The van der Waals surface area contributed by atoms with Crippen LogP contribution >= 0.6 is 0 Å². The molecule has 0 aliphatic carbocycles. The van der Waals surface area contributed by atoms with Gasteiger partial charge >= 0.3 is 0 Å². The minimum atomic E-state index is -0.433. The number of carbonyl (C=O) groups is 1. The van der Waals surface area contributed by atoms with Gasteiger partial charge in [0, 0.05) is 25.1 Å². The van der Waals surface area contributed by atoms with E-state index in [0.29, 0.717) is 30.6 Å². The Kier molecular flexibility index (Phi) is 5.38. The number of aliphatic hydroxyl groups excluding tert-OH is 2. The molecule has 1 aliphatic heterocycles. The van der Waals surface area contributed by atoms with E-state index in [9.17, 15) is 9.90 Å². The topological polar surface area (TPSA) is 60.8 Å². The summed E-state index contributed by atoms with van der Waals surface area (Å²) in [6.45, 7) is 3.03. The van der Waals surface area contributed by atoms with Gasteiger partial charge in [0.1, 0.15) is 0 Å². The van der Waals surface area contributed by atoms with Crippen LogP contribution in [0.5, 0.6) is 0 Å². The molecule has 1 unspecified atom stereocenters. The van der Waals surface area contributed by atoms with Crippen molar-refractivity contribution in [1.82, 2.24) is 4.90 Å². The van der Waals surface area contributed by atoms with E-state index in [0.717, 1.165) is 18.4 Å². The molecule has 21 heavy (non-hydrogen) atoms. The lowest BCUT2D eigenvalue weighted by molar-refractivity contribution is 0.0473. The Morgan fingerprint density at radius 3 is 3.00 bits per heavy atom. The van der Waals surface area contributed by atoms with Crippen molar-refractivity contribution in [2.45, 2.75) is 32.3 Å². The second-order valence-corrected chi connectivity index (χ2v) is 5.37. The van der Waals surface area contributed by atoms with Crippen molar-refractivity contribution in [3.63, 3.8) is 0 Å². The van der Waals surface area contributed by atoms with Gasteiger partial charge in [0.25, 0.3) is 5.91 Å². The minimum Gasteiger partial charge on any atom is -0.395 e. The molecule has 1 saturated heterocycles. The zero-order valence-electron chi connectivity index (χ0n) is 12.3. The molecule has 0 aromatic heterocycles. The lowest BCUT2D eigenvalue weighted by Crippen LogP contribution is -2.42. The fourth-order valence-electron chi connectivity index (χ4n) is 2.47. The fourth-order valence-corrected chi connectivity index (χ4v) is 2.47. The molecule has 0 saturated carbocycles. The van der Waals surface area contributed by atoms with E-state index in [-0.39, 0.29) is 12.5 Å². The summed E-state index contributed by atoms with van der Waals surface area (Å²) in [5.74, 6) is 5.75. The normalized spacial score (nSPS) is 18.0. The Morgan fingerprint density at radius 1 is 1.48 bits per heavy atom. The molecule has 1 fully saturated rings. The highest BCUT2D eigenvalue weighted by Gasteiger charge is 2.24. The highest BCUT2D eigenvalue weighted by atomic mass is 16.3. The molecule has 1 aliphatic rings. The predicted molar refractivity (Wildman–Crippen MR) is 80.9 cm³/mol. The number of carbonyl (C=O) groups excluding carboxylic acids is 1. The van der Waals surface area contributed by atoms with E-state index in [1.165, 1.54) is 0 Å². The van der Waals surface area contributed by atoms with Gasteiger partial charge < -0.3 is 15.1 Å². The van der Waals surface area contributed by atoms with Crippen LogP contribution in [0.2, 0.25) is 0 Å². The highest BCUT2D eigenvalue weighted by molar-refractivity contribution is 5.97. The second kappa shape index (κ2) is 7.26. The van der Waals surface area contributed by atoms with Crippen LogP contribution in [0, 0.1) is 18.8 Å². The van der Waals surface area contributed by atoms with Crippen molar-refractivity contribution in [2.75, 3.05) is 19.7 Å². The first-order valence-corrected chi connectivity index (χ1v) is 7.29. The van der Waals surface area contributed by atoms with Crippen LogP contribution in [0.15, 0.2) is 18.2 Å². The highest BCUT2D eigenvalue weighted by Crippen LogP contribution is 2.17. The van der Waals surface area contributed by atoms with Crippen LogP contribution in [-0.4, -0.2) is 46.8 Å². The Balaban J connectivity index is 2.26. The van der Waals surface area contributed by atoms with E-state index in [2.05, 4.69) is 11.8 Å². The summed E-state index contributed by atoms with van der Waals surface area (Å²) in [6, 6.07) is 5.57. The van der Waals surface area contributed by atoms with Gasteiger partial charge in [0.05, 0.1) is 18.3 Å². The van der Waals surface area contributed by atoms with Crippen LogP contribution < -0.4 is 0 Å². The first kappa shape index (κ1) is 15.6. The maximum atomic E-state index is 12.6. The molecule has 4 nitrogen and oxygen atoms in total. The van der Waals surface area contributed by atoms with Crippen LogP contribution in [0.1, 0.15) is 40.7 Å². The summed E-state index contributed by atoms with van der Waals surface area (Å²) >= 11 is 0. The number of hydrogen-bond donors (Lipinski definition) is 2. The van der Waals surface area contributed by atoms with Crippen molar-refractivity contribution < 1.29 is 15.0 Å². The third-order valence-electron chi connectivity index (χ3n) is 3.55. The molecular weight excluding hydrogens is 266 g/mol. The van der Waals surface area contributed by atoms with E-state index in [1.54, 1.807) is 11.0 Å². The number of aryl methyl sites for hydroxylation is 1. The maximum absolute atomic E-state index is 12.6. The molecule has 1 aromatic rings. The zero-order valence-corrected chi connectivity index (χ0v) is 12.3. The molecule has 1 heterocycles. The van der Waals surface area contributed by atoms with Crippen molar-refractivity contribution in [3.05, 3.63) is 34.9 Å². The SMILES string of the molecule is Cc1ccc(C(=O)N2CCCC(O)C2)c(C#CCCO)c1. The number of amides is 1. The predicted octanol–water partition coefficient (Wildman–Crippen LogP) is 1.33. The summed E-state index contributed by atoms with van der Waals surface area (Å²) in [6.07, 6.45) is 1.53. The number of aliphatic hydroxyl groups is 2. The van der Waals surface area contributed by atoms with Gasteiger partial charge in [-0.05, 0) is 37.5 Å². The molecule has 0 radical (unpaired) electrons. The average molecular weight is 287 g/mol. The average Bonchev–Trinajstić information content (AvgIpc) is 2.47. The summed E-state index contributed by atoms with van der Waals surface area (Å²) in [4.78, 5) is 14.3. The summed E-state index contributed by atoms with van der Waals surface area (Å²) < 4.78 is 0. The molecular formula is C17H21NO3. The van der Waals surface area contributed by atoms with E-state index < -0.39 is 6.10 Å². The third-order valence-corrected chi connectivity index (χ3v) is 3.55. The van der Waals surface area contributed by atoms with Gasteiger partial charge in [-0.3, -0.25) is 4.79 Å². The molecule has 2 N–H and O–H groups in total. The molecule has 1 aromatic carbocycles. The first-order valence-electron chi connectivity index (χ1n) is 7.29. The third kappa shape index (κ3) is 4.07. The molecule has 4 heteroatoms. The van der Waals surface area contributed by atoms with Crippen molar-refractivity contribution in [1.29, 1.82) is 0 Å². The van der Waals surface area contributed by atoms with Crippen molar-refractivity contribution in [2.24, 2.45) is 0 Å². The lowest BCUT2D eigenvalue weighted by atomic mass is 10.0. The molecule has 112 valence electrons. The number of hydrogen-bond acceptors (Lipinski definition) is 3. The van der Waals surface area contributed by atoms with Crippen LogP contribution in [0.4, 0.5) is 0 Å². The number of β-amino-alcohol motifs (C(OH)–C–C–N with tert-alkyl or cyclic N) is 1. The van der Waals surface area contributed by atoms with Gasteiger partial charge in [-0.1, -0.05) is 17.9 Å². The summed E-state index contributed by atoms with van der Waals surface area (Å²) in [7, 11) is 0. The minimum absolute atomic E-state index is 0.0143. The molecule has 2 rings (SSSR count). The summed E-state index contributed by atoms with van der Waals surface area (Å²) in [5, 5.41) is 18.5. The molecule has 0 bridgehead atoms. The molecule has 1 atom stereocenters. The Labute approximate surface area is 125 Å². The Bertz CT molecular complexity index is 571. The van der Waals surface area contributed by atoms with Gasteiger partial charge in [0.15, 0.2) is 0 Å². The molecule has 0 spiro atoms. The monoisotopic (exact) mass is 287 g/mol. The van der Waals surface area contributed by atoms with E-state index in [1.807, 2.05) is 19.1 Å². The first-order chi connectivity index (χ1) is 10.1. The zero-order chi connectivity index (χ0) is 15.2. The summed E-state index contributed by atoms with van der Waals surface area (Å²) in [5.41, 5.74) is 2.30. The molecule has 1 amide bonds. The Hall–Kier alpha value is -1.83. The van der Waals surface area contributed by atoms with Crippen molar-refractivity contribution >= 4 is 5.91 Å². The smallest absolute Gasteiger partial charge is 0.255 e. The van der Waals surface area contributed by atoms with Crippen molar-refractivity contribution in [3.8, 4) is 11.8 Å². The van der Waals surface area contributed by atoms with Crippen LogP contribution in [0.25, 0.3) is 0 Å². The quantitative estimate of drug-likeness (QED) is 0.807. The van der Waals surface area contributed by atoms with Gasteiger partial charge in [0.2, 0.25) is 0 Å². The van der Waals surface area contributed by atoms with Crippen LogP contribution in [-0.2, 0) is 0 Å². The van der Waals surface area contributed by atoms with E-state index >= 15 is 0 Å². The maximum Gasteiger partial charge on any atom is 0.255 e. The van der Waals surface area contributed by atoms with Gasteiger partial charge in [-0.15, -0.1) is 0 Å². The number of rotatable bonds is 2. The second-order valence-electron chi connectivity index (χ2n) is 5.37. The number of piperidine rings is 1. The standard InChI is InChI=1S/C17H21NO3/c1-13-7-8-16(14(11-13)5-2-3-10-19)17(21)18-9-4-6-15(20)12-18/h7-8,11,15,19-20H,3-4,6,9-10,12H2,1H3. The number of benzene rings is 1. The Morgan fingerprint density at radius 2 is 2.29 bits per heavy atom. The number of nitrogens with zero attached hydrogens (tertiary/aromatic N) is 1. The van der Waals surface area contributed by atoms with Gasteiger partial charge in [-0.25, -0.2) is 0 Å². The lowest BCUT2D eigenvalue weighted by Gasteiger charge is -2.30. The van der Waals surface area contributed by atoms with Crippen LogP contribution in [0.3, 0.4) is 0 Å². The number of likely N-dealkylation sites (tertiary alicyclic amines) is 1. The van der Waals surface area contributed by atoms with E-state index in [4.69, 9.17) is 5.11 Å². The fraction of sp³-hybridized carbons (Fsp3) is 0.471.